The molecule has 14 heavy (non-hydrogen) atoms. The molecule has 0 amide bonds. The third kappa shape index (κ3) is 10.0. The third-order valence-electron chi connectivity index (χ3n) is 2.39. The molecule has 0 aromatic heterocycles. The second kappa shape index (κ2) is 7.24. The van der Waals surface area contributed by atoms with Crippen molar-refractivity contribution in [2.45, 2.75) is 59.0 Å². The van der Waals surface area contributed by atoms with Crippen molar-refractivity contribution in [2.24, 2.45) is 5.92 Å². The summed E-state index contributed by atoms with van der Waals surface area (Å²) in [7, 11) is 0. The topological polar surface area (TPSA) is 32.3 Å². The molecule has 0 aromatic carbocycles. The Morgan fingerprint density at radius 1 is 1.29 bits per heavy atom. The molecule has 1 unspecified atom stereocenters. The average Bonchev–Trinajstić information content (AvgIpc) is 2.02. The van der Waals surface area contributed by atoms with Gasteiger partial charge in [-0.25, -0.2) is 0 Å². The molecule has 1 atom stereocenters. The Morgan fingerprint density at radius 3 is 2.43 bits per heavy atom. The summed E-state index contributed by atoms with van der Waals surface area (Å²) in [6.07, 6.45) is 5.15. The van der Waals surface area contributed by atoms with Crippen LogP contribution in [0.1, 0.15) is 53.4 Å². The minimum absolute atomic E-state index is 0.574. The van der Waals surface area contributed by atoms with Crippen LogP contribution >= 0.6 is 0 Å². The predicted octanol–water partition coefficient (Wildman–Crippen LogP) is 2.56. The smallest absolute Gasteiger partial charge is 0.0715 e. The van der Waals surface area contributed by atoms with Crippen LogP contribution in [0.2, 0.25) is 0 Å². The fourth-order valence-corrected chi connectivity index (χ4v) is 1.61. The zero-order valence-corrected chi connectivity index (χ0v) is 10.3. The van der Waals surface area contributed by atoms with Gasteiger partial charge in [0.2, 0.25) is 0 Å². The van der Waals surface area contributed by atoms with Gasteiger partial charge in [0, 0.05) is 6.54 Å². The van der Waals surface area contributed by atoms with E-state index in [9.17, 15) is 5.11 Å². The SMILES string of the molecule is CCCC(C)CCCNCC(C)(C)O. The number of aliphatic hydroxyl groups is 1. The molecule has 0 aromatic rings. The molecule has 0 rings (SSSR count). The molecule has 0 aliphatic heterocycles. The van der Waals surface area contributed by atoms with Crippen LogP contribution in [0.4, 0.5) is 0 Å². The Bertz CT molecular complexity index is 129. The van der Waals surface area contributed by atoms with Crippen LogP contribution in [0.25, 0.3) is 0 Å². The number of hydrogen-bond donors (Lipinski definition) is 2. The van der Waals surface area contributed by atoms with Crippen LogP contribution in [0.5, 0.6) is 0 Å². The maximum absolute atomic E-state index is 9.45. The normalized spacial score (nSPS) is 14.4. The molecule has 0 fully saturated rings. The van der Waals surface area contributed by atoms with Gasteiger partial charge in [0.25, 0.3) is 0 Å². The summed E-state index contributed by atoms with van der Waals surface area (Å²) in [5.74, 6) is 0.851. The van der Waals surface area contributed by atoms with Gasteiger partial charge in [0.15, 0.2) is 0 Å². The van der Waals surface area contributed by atoms with E-state index in [4.69, 9.17) is 0 Å². The number of nitrogens with one attached hydrogen (secondary N) is 1. The standard InChI is InChI=1S/C12H27NO/c1-5-7-11(2)8-6-9-13-10-12(3,4)14/h11,13-14H,5-10H2,1-4H3. The lowest BCUT2D eigenvalue weighted by atomic mass is 10.0. The van der Waals surface area contributed by atoms with E-state index >= 15 is 0 Å². The summed E-state index contributed by atoms with van der Waals surface area (Å²) >= 11 is 0. The van der Waals surface area contributed by atoms with Crippen LogP contribution in [0.15, 0.2) is 0 Å². The molecule has 0 aliphatic rings. The average molecular weight is 201 g/mol. The lowest BCUT2D eigenvalue weighted by molar-refractivity contribution is 0.0798. The minimum Gasteiger partial charge on any atom is -0.389 e. The zero-order chi connectivity index (χ0) is 11.0. The van der Waals surface area contributed by atoms with Crippen LogP contribution in [-0.4, -0.2) is 23.8 Å². The molecule has 0 saturated carbocycles. The van der Waals surface area contributed by atoms with E-state index in [0.29, 0.717) is 6.54 Å². The fraction of sp³-hybridized carbons (Fsp3) is 1.00. The lowest BCUT2D eigenvalue weighted by Crippen LogP contribution is -2.35. The first-order chi connectivity index (χ1) is 6.45. The van der Waals surface area contributed by atoms with Gasteiger partial charge in [-0.1, -0.05) is 26.7 Å². The first-order valence-corrected chi connectivity index (χ1v) is 5.89. The molecular weight excluding hydrogens is 174 g/mol. The summed E-state index contributed by atoms with van der Waals surface area (Å²) in [4.78, 5) is 0. The monoisotopic (exact) mass is 201 g/mol. The maximum Gasteiger partial charge on any atom is 0.0715 e. The largest absolute Gasteiger partial charge is 0.389 e. The van der Waals surface area contributed by atoms with E-state index in [1.807, 2.05) is 13.8 Å². The molecule has 2 N–H and O–H groups in total. The molecule has 0 bridgehead atoms. The molecular formula is C12H27NO. The highest BCUT2D eigenvalue weighted by atomic mass is 16.3. The van der Waals surface area contributed by atoms with Crippen molar-refractivity contribution in [3.8, 4) is 0 Å². The molecule has 86 valence electrons. The quantitative estimate of drug-likeness (QED) is 0.592. The zero-order valence-electron chi connectivity index (χ0n) is 10.3. The van der Waals surface area contributed by atoms with Crippen LogP contribution in [-0.2, 0) is 0 Å². The van der Waals surface area contributed by atoms with E-state index in [1.54, 1.807) is 0 Å². The highest BCUT2D eigenvalue weighted by Gasteiger charge is 2.10. The Hall–Kier alpha value is -0.0800. The molecule has 2 heteroatoms. The van der Waals surface area contributed by atoms with Gasteiger partial charge in [-0.05, 0) is 39.2 Å². The van der Waals surface area contributed by atoms with E-state index in [1.165, 1.54) is 25.7 Å². The molecule has 0 heterocycles. The number of hydrogen-bond acceptors (Lipinski definition) is 2. The van der Waals surface area contributed by atoms with Gasteiger partial charge >= 0.3 is 0 Å². The van der Waals surface area contributed by atoms with Gasteiger partial charge < -0.3 is 10.4 Å². The summed E-state index contributed by atoms with van der Waals surface area (Å²) in [5.41, 5.74) is -0.574. The highest BCUT2D eigenvalue weighted by Crippen LogP contribution is 2.11. The van der Waals surface area contributed by atoms with Crippen LogP contribution in [0, 0.1) is 5.92 Å². The second-order valence-corrected chi connectivity index (χ2v) is 5.03. The van der Waals surface area contributed by atoms with Crippen LogP contribution in [0.3, 0.4) is 0 Å². The highest BCUT2D eigenvalue weighted by molar-refractivity contribution is 4.68. The van der Waals surface area contributed by atoms with Crippen molar-refractivity contribution in [3.63, 3.8) is 0 Å². The van der Waals surface area contributed by atoms with Crippen molar-refractivity contribution in [1.82, 2.24) is 5.32 Å². The van der Waals surface area contributed by atoms with Gasteiger partial charge in [-0.3, -0.25) is 0 Å². The van der Waals surface area contributed by atoms with Gasteiger partial charge in [-0.2, -0.15) is 0 Å². The van der Waals surface area contributed by atoms with Crippen LogP contribution < -0.4 is 5.32 Å². The Kier molecular flexibility index (Phi) is 7.20. The minimum atomic E-state index is -0.574. The molecule has 0 spiro atoms. The van der Waals surface area contributed by atoms with Crippen molar-refractivity contribution < 1.29 is 5.11 Å². The fourth-order valence-electron chi connectivity index (χ4n) is 1.61. The Morgan fingerprint density at radius 2 is 1.93 bits per heavy atom. The van der Waals surface area contributed by atoms with Gasteiger partial charge in [0.05, 0.1) is 5.60 Å². The molecule has 0 saturated heterocycles. The summed E-state index contributed by atoms with van der Waals surface area (Å²) < 4.78 is 0. The molecule has 2 nitrogen and oxygen atoms in total. The molecule has 0 aliphatic carbocycles. The predicted molar refractivity (Wildman–Crippen MR) is 62.5 cm³/mol. The summed E-state index contributed by atoms with van der Waals surface area (Å²) in [5, 5.41) is 12.7. The van der Waals surface area contributed by atoms with E-state index in [-0.39, 0.29) is 0 Å². The number of rotatable bonds is 8. The lowest BCUT2D eigenvalue weighted by Gasteiger charge is -2.18. The molecule has 0 radical (unpaired) electrons. The van der Waals surface area contributed by atoms with Crippen molar-refractivity contribution in [3.05, 3.63) is 0 Å². The van der Waals surface area contributed by atoms with E-state index in [0.717, 1.165) is 12.5 Å². The van der Waals surface area contributed by atoms with Gasteiger partial charge in [-0.15, -0.1) is 0 Å². The first-order valence-electron chi connectivity index (χ1n) is 5.89. The van der Waals surface area contributed by atoms with Crippen molar-refractivity contribution >= 4 is 0 Å². The van der Waals surface area contributed by atoms with Crippen molar-refractivity contribution in [1.29, 1.82) is 0 Å². The van der Waals surface area contributed by atoms with Gasteiger partial charge in [0.1, 0.15) is 0 Å². The first kappa shape index (κ1) is 13.9. The Labute approximate surface area is 89.1 Å². The Balaban J connectivity index is 3.21. The summed E-state index contributed by atoms with van der Waals surface area (Å²) in [6, 6.07) is 0. The summed E-state index contributed by atoms with van der Waals surface area (Å²) in [6.45, 7) is 9.94. The van der Waals surface area contributed by atoms with E-state index in [2.05, 4.69) is 19.2 Å². The van der Waals surface area contributed by atoms with E-state index < -0.39 is 5.60 Å². The van der Waals surface area contributed by atoms with Crippen molar-refractivity contribution in [2.75, 3.05) is 13.1 Å². The third-order valence-corrected chi connectivity index (χ3v) is 2.39. The maximum atomic E-state index is 9.45. The second-order valence-electron chi connectivity index (χ2n) is 5.03.